The molecule has 0 fully saturated rings. The predicted molar refractivity (Wildman–Crippen MR) is 90.3 cm³/mol. The maximum atomic E-state index is 12.0. The maximum absolute atomic E-state index is 12.0. The lowest BCUT2D eigenvalue weighted by molar-refractivity contribution is 0.0914. The molecule has 4 nitrogen and oxygen atoms in total. The van der Waals surface area contributed by atoms with Gasteiger partial charge in [0.25, 0.3) is 5.91 Å². The topological polar surface area (TPSA) is 54.3 Å². The molecule has 2 aromatic rings. The van der Waals surface area contributed by atoms with E-state index in [1.54, 1.807) is 24.3 Å². The quantitative estimate of drug-likeness (QED) is 0.551. The van der Waals surface area contributed by atoms with Crippen LogP contribution in [-0.2, 0) is 0 Å². The summed E-state index contributed by atoms with van der Waals surface area (Å²) in [4.78, 5) is 12.0. The fourth-order valence-corrected chi connectivity index (χ4v) is 2.24. The number of amides is 1. The van der Waals surface area contributed by atoms with E-state index in [4.69, 9.17) is 62.4 Å². The zero-order valence-electron chi connectivity index (χ0n) is 10.7. The monoisotopic (exact) mass is 400 g/mol. The van der Waals surface area contributed by atoms with Crippen molar-refractivity contribution in [1.29, 1.82) is 0 Å². The number of anilines is 1. The van der Waals surface area contributed by atoms with Crippen molar-refractivity contribution in [2.24, 2.45) is 0 Å². The van der Waals surface area contributed by atoms with E-state index in [0.29, 0.717) is 15.7 Å². The lowest BCUT2D eigenvalue weighted by Crippen LogP contribution is -2.49. The van der Waals surface area contributed by atoms with Gasteiger partial charge in [0.05, 0.1) is 17.0 Å². The minimum absolute atomic E-state index is 0.0817. The van der Waals surface area contributed by atoms with Gasteiger partial charge in [-0.1, -0.05) is 58.0 Å². The average Bonchev–Trinajstić information content (AvgIpc) is 2.95. The Morgan fingerprint density at radius 2 is 1.91 bits per heavy atom. The lowest BCUT2D eigenvalue weighted by Gasteiger charge is -2.27. The second-order valence-electron chi connectivity index (χ2n) is 4.19. The Morgan fingerprint density at radius 1 is 1.18 bits per heavy atom. The summed E-state index contributed by atoms with van der Waals surface area (Å²) in [7, 11) is 0. The van der Waals surface area contributed by atoms with Crippen LogP contribution in [0.15, 0.2) is 41.0 Å². The van der Waals surface area contributed by atoms with Crippen molar-refractivity contribution in [1.82, 2.24) is 5.32 Å². The predicted octanol–water partition coefficient (Wildman–Crippen LogP) is 5.12. The van der Waals surface area contributed by atoms with Crippen molar-refractivity contribution >= 4 is 69.6 Å². The molecule has 1 aromatic heterocycles. The van der Waals surface area contributed by atoms with Gasteiger partial charge in [0.1, 0.15) is 6.17 Å². The van der Waals surface area contributed by atoms with Gasteiger partial charge in [0, 0.05) is 5.02 Å². The molecule has 0 bridgehead atoms. The Hall–Kier alpha value is -0.780. The first kappa shape index (κ1) is 17.6. The van der Waals surface area contributed by atoms with E-state index in [0.717, 1.165) is 0 Å². The zero-order chi connectivity index (χ0) is 16.3. The molecule has 118 valence electrons. The van der Waals surface area contributed by atoms with Crippen LogP contribution in [0.5, 0.6) is 0 Å². The third-order valence-corrected chi connectivity index (χ3v) is 3.80. The Labute approximate surface area is 151 Å². The highest BCUT2D eigenvalue weighted by Gasteiger charge is 2.35. The number of hydrogen-bond donors (Lipinski definition) is 2. The minimum atomic E-state index is -1.84. The van der Waals surface area contributed by atoms with Crippen LogP contribution >= 0.6 is 58.0 Å². The van der Waals surface area contributed by atoms with Crippen LogP contribution in [0.4, 0.5) is 5.69 Å². The number of nitrogens with one attached hydrogen (secondary N) is 2. The Kier molecular flexibility index (Phi) is 5.75. The summed E-state index contributed by atoms with van der Waals surface area (Å²) >= 11 is 29.6. The molecule has 0 saturated heterocycles. The SMILES string of the molecule is O=C(N[C@H](Nc1cc(Cl)ccc1Cl)C(Cl)(Cl)Cl)c1ccco1. The largest absolute Gasteiger partial charge is 0.459 e. The first-order valence-electron chi connectivity index (χ1n) is 5.90. The van der Waals surface area contributed by atoms with Crippen LogP contribution in [0.3, 0.4) is 0 Å². The summed E-state index contributed by atoms with van der Waals surface area (Å²) in [5.74, 6) is -0.467. The molecular weight excluding hydrogens is 393 g/mol. The number of halogens is 5. The van der Waals surface area contributed by atoms with Gasteiger partial charge in [-0.05, 0) is 30.3 Å². The molecule has 22 heavy (non-hydrogen) atoms. The van der Waals surface area contributed by atoms with E-state index in [2.05, 4.69) is 10.6 Å². The minimum Gasteiger partial charge on any atom is -0.459 e. The van der Waals surface area contributed by atoms with Crippen molar-refractivity contribution in [2.75, 3.05) is 5.32 Å². The van der Waals surface area contributed by atoms with E-state index >= 15 is 0 Å². The number of rotatable bonds is 4. The maximum Gasteiger partial charge on any atom is 0.288 e. The second-order valence-corrected chi connectivity index (χ2v) is 7.41. The summed E-state index contributed by atoms with van der Waals surface area (Å²) in [5, 5.41) is 6.14. The van der Waals surface area contributed by atoms with Crippen LogP contribution in [0.1, 0.15) is 10.6 Å². The second kappa shape index (κ2) is 7.20. The standard InChI is InChI=1S/C13H9Cl5N2O2/c14-7-3-4-8(15)9(6-7)19-12(13(16,17)18)20-11(21)10-2-1-5-22-10/h1-6,12,19H,(H,20,21)/t12-/m0/s1. The van der Waals surface area contributed by atoms with Gasteiger partial charge in [-0.2, -0.15) is 0 Å². The van der Waals surface area contributed by atoms with Crippen LogP contribution in [0.25, 0.3) is 0 Å². The molecule has 1 aromatic carbocycles. The van der Waals surface area contributed by atoms with E-state index in [9.17, 15) is 4.79 Å². The van der Waals surface area contributed by atoms with Gasteiger partial charge >= 0.3 is 0 Å². The summed E-state index contributed by atoms with van der Waals surface area (Å²) in [6.45, 7) is 0. The fourth-order valence-electron chi connectivity index (χ4n) is 1.57. The van der Waals surface area contributed by atoms with Gasteiger partial charge in [-0.3, -0.25) is 4.79 Å². The van der Waals surface area contributed by atoms with Gasteiger partial charge in [0.15, 0.2) is 5.76 Å². The third-order valence-electron chi connectivity index (χ3n) is 2.58. The van der Waals surface area contributed by atoms with Crippen molar-refractivity contribution in [2.45, 2.75) is 9.96 Å². The molecular formula is C13H9Cl5N2O2. The Balaban J connectivity index is 2.20. The van der Waals surface area contributed by atoms with Crippen molar-refractivity contribution in [3.63, 3.8) is 0 Å². The normalized spacial score (nSPS) is 12.8. The molecule has 0 unspecified atom stereocenters. The smallest absolute Gasteiger partial charge is 0.288 e. The lowest BCUT2D eigenvalue weighted by atomic mass is 10.3. The first-order chi connectivity index (χ1) is 10.3. The molecule has 2 N–H and O–H groups in total. The van der Waals surface area contributed by atoms with Gasteiger partial charge < -0.3 is 15.1 Å². The van der Waals surface area contributed by atoms with Gasteiger partial charge in [0.2, 0.25) is 3.79 Å². The zero-order valence-corrected chi connectivity index (χ0v) is 14.5. The number of carbonyl (C=O) groups is 1. The highest BCUT2D eigenvalue weighted by Crippen LogP contribution is 2.33. The van der Waals surface area contributed by atoms with Crippen LogP contribution in [0, 0.1) is 0 Å². The molecule has 2 rings (SSSR count). The van der Waals surface area contributed by atoms with Crippen LogP contribution in [0.2, 0.25) is 10.0 Å². The van der Waals surface area contributed by atoms with E-state index < -0.39 is 15.9 Å². The number of alkyl halides is 3. The van der Waals surface area contributed by atoms with Gasteiger partial charge in [-0.15, -0.1) is 0 Å². The number of furan rings is 1. The first-order valence-corrected chi connectivity index (χ1v) is 7.79. The molecule has 0 saturated carbocycles. The molecule has 1 amide bonds. The van der Waals surface area contributed by atoms with E-state index in [-0.39, 0.29) is 5.76 Å². The van der Waals surface area contributed by atoms with E-state index in [1.807, 2.05) is 0 Å². The van der Waals surface area contributed by atoms with E-state index in [1.165, 1.54) is 12.3 Å². The highest BCUT2D eigenvalue weighted by atomic mass is 35.6. The molecule has 0 aliphatic rings. The molecule has 0 radical (unpaired) electrons. The summed E-state index contributed by atoms with van der Waals surface area (Å²) in [5.41, 5.74) is 0.408. The third kappa shape index (κ3) is 4.61. The van der Waals surface area contributed by atoms with Crippen LogP contribution in [-0.4, -0.2) is 15.9 Å². The van der Waals surface area contributed by atoms with Crippen molar-refractivity contribution in [3.05, 3.63) is 52.4 Å². The van der Waals surface area contributed by atoms with Crippen LogP contribution < -0.4 is 10.6 Å². The van der Waals surface area contributed by atoms with Crippen molar-refractivity contribution < 1.29 is 9.21 Å². The highest BCUT2D eigenvalue weighted by molar-refractivity contribution is 6.68. The van der Waals surface area contributed by atoms with Crippen molar-refractivity contribution in [3.8, 4) is 0 Å². The Bertz CT molecular complexity index is 655. The summed E-state index contributed by atoms with van der Waals surface area (Å²) in [6.07, 6.45) is 0.298. The Morgan fingerprint density at radius 3 is 2.50 bits per heavy atom. The molecule has 9 heteroatoms. The number of carbonyl (C=O) groups excluding carboxylic acids is 1. The molecule has 1 heterocycles. The van der Waals surface area contributed by atoms with Gasteiger partial charge in [-0.25, -0.2) is 0 Å². The average molecular weight is 402 g/mol. The molecule has 0 aliphatic carbocycles. The molecule has 0 spiro atoms. The number of hydrogen-bond acceptors (Lipinski definition) is 3. The summed E-state index contributed by atoms with van der Waals surface area (Å²) < 4.78 is 3.15. The summed E-state index contributed by atoms with van der Waals surface area (Å²) in [6, 6.07) is 7.79. The molecule has 1 atom stereocenters. The fraction of sp³-hybridized carbons (Fsp3) is 0.154. The number of benzene rings is 1. The molecule has 0 aliphatic heterocycles.